The van der Waals surface area contributed by atoms with Gasteiger partial charge in [0.05, 0.1) is 5.69 Å². The molecule has 1 atom stereocenters. The first-order chi connectivity index (χ1) is 9.74. The highest BCUT2D eigenvalue weighted by Crippen LogP contribution is 2.33. The summed E-state index contributed by atoms with van der Waals surface area (Å²) in [6.07, 6.45) is 5.02. The highest BCUT2D eigenvalue weighted by atomic mass is 32.1. The van der Waals surface area contributed by atoms with Gasteiger partial charge >= 0.3 is 0 Å². The molecule has 3 nitrogen and oxygen atoms in total. The predicted molar refractivity (Wildman–Crippen MR) is 84.3 cm³/mol. The first-order valence-corrected chi connectivity index (χ1v) is 8.42. The van der Waals surface area contributed by atoms with E-state index in [-0.39, 0.29) is 0 Å². The zero-order valence-corrected chi connectivity index (χ0v) is 13.2. The summed E-state index contributed by atoms with van der Waals surface area (Å²) in [4.78, 5) is 1.59. The highest BCUT2D eigenvalue weighted by Gasteiger charge is 2.20. The van der Waals surface area contributed by atoms with Crippen molar-refractivity contribution in [1.29, 1.82) is 0 Å². The van der Waals surface area contributed by atoms with Crippen LogP contribution >= 0.6 is 11.3 Å². The molecule has 0 radical (unpaired) electrons. The fourth-order valence-corrected chi connectivity index (χ4v) is 4.09. The molecule has 20 heavy (non-hydrogen) atoms. The van der Waals surface area contributed by atoms with E-state index in [9.17, 15) is 0 Å². The molecule has 1 N–H and O–H groups in total. The van der Waals surface area contributed by atoms with Crippen LogP contribution in [0.3, 0.4) is 0 Å². The molecule has 0 amide bonds. The maximum absolute atomic E-state index is 4.51. The average molecular weight is 289 g/mol. The Hall–Kier alpha value is -1.13. The predicted octanol–water partition coefficient (Wildman–Crippen LogP) is 3.62. The van der Waals surface area contributed by atoms with E-state index in [0.717, 1.165) is 25.2 Å². The van der Waals surface area contributed by atoms with Gasteiger partial charge in [0.15, 0.2) is 0 Å². The van der Waals surface area contributed by atoms with Gasteiger partial charge in [0.1, 0.15) is 0 Å². The Morgan fingerprint density at radius 2 is 2.35 bits per heavy atom. The first-order valence-electron chi connectivity index (χ1n) is 7.55. The Morgan fingerprint density at radius 3 is 3.15 bits per heavy atom. The lowest BCUT2D eigenvalue weighted by Crippen LogP contribution is -2.26. The van der Waals surface area contributed by atoms with Crippen LogP contribution in [0.15, 0.2) is 17.5 Å². The second-order valence-corrected chi connectivity index (χ2v) is 6.70. The van der Waals surface area contributed by atoms with Crippen LogP contribution in [0.1, 0.15) is 47.1 Å². The van der Waals surface area contributed by atoms with Crippen LogP contribution in [0, 0.1) is 13.8 Å². The Morgan fingerprint density at radius 1 is 1.45 bits per heavy atom. The minimum atomic E-state index is 0.574. The molecular formula is C16H23N3S. The van der Waals surface area contributed by atoms with Crippen LogP contribution in [-0.4, -0.2) is 16.3 Å². The summed E-state index contributed by atoms with van der Waals surface area (Å²) < 4.78 is 2.12. The SMILES string of the molecule is Cc1cc(C)n(CCCNC2CCCc3sccc32)n1. The molecule has 0 saturated heterocycles. The summed E-state index contributed by atoms with van der Waals surface area (Å²) in [7, 11) is 0. The second kappa shape index (κ2) is 6.10. The van der Waals surface area contributed by atoms with Crippen molar-refractivity contribution in [3.63, 3.8) is 0 Å². The lowest BCUT2D eigenvalue weighted by molar-refractivity contribution is 0.441. The second-order valence-electron chi connectivity index (χ2n) is 5.70. The molecule has 4 heteroatoms. The summed E-state index contributed by atoms with van der Waals surface area (Å²) in [5.74, 6) is 0. The largest absolute Gasteiger partial charge is 0.310 e. The van der Waals surface area contributed by atoms with E-state index in [0.29, 0.717) is 6.04 Å². The lowest BCUT2D eigenvalue weighted by Gasteiger charge is -2.23. The summed E-state index contributed by atoms with van der Waals surface area (Å²) in [5, 5.41) is 10.5. The van der Waals surface area contributed by atoms with Crippen molar-refractivity contribution >= 4 is 11.3 Å². The summed E-state index contributed by atoms with van der Waals surface area (Å²) in [6.45, 7) is 6.27. The van der Waals surface area contributed by atoms with Crippen molar-refractivity contribution in [2.24, 2.45) is 0 Å². The van der Waals surface area contributed by atoms with E-state index in [4.69, 9.17) is 0 Å². The molecule has 2 heterocycles. The Bertz CT molecular complexity index is 570. The van der Waals surface area contributed by atoms with Gasteiger partial charge in [-0.3, -0.25) is 4.68 Å². The third kappa shape index (κ3) is 2.96. The molecule has 0 bridgehead atoms. The van der Waals surface area contributed by atoms with E-state index < -0.39 is 0 Å². The third-order valence-electron chi connectivity index (χ3n) is 4.09. The van der Waals surface area contributed by atoms with Crippen molar-refractivity contribution in [2.45, 2.75) is 52.1 Å². The minimum Gasteiger partial charge on any atom is -0.310 e. The lowest BCUT2D eigenvalue weighted by atomic mass is 9.94. The third-order valence-corrected chi connectivity index (χ3v) is 5.09. The van der Waals surface area contributed by atoms with Crippen LogP contribution in [-0.2, 0) is 13.0 Å². The van der Waals surface area contributed by atoms with E-state index in [1.165, 1.54) is 25.0 Å². The van der Waals surface area contributed by atoms with Crippen LogP contribution in [0.2, 0.25) is 0 Å². The number of fused-ring (bicyclic) bond motifs is 1. The molecule has 2 aromatic heterocycles. The number of thiophene rings is 1. The van der Waals surface area contributed by atoms with Gasteiger partial charge in [-0.1, -0.05) is 0 Å². The highest BCUT2D eigenvalue weighted by molar-refractivity contribution is 7.10. The van der Waals surface area contributed by atoms with Crippen LogP contribution in [0.4, 0.5) is 0 Å². The van der Waals surface area contributed by atoms with E-state index in [2.05, 4.69) is 46.5 Å². The van der Waals surface area contributed by atoms with E-state index in [1.807, 2.05) is 11.3 Å². The topological polar surface area (TPSA) is 29.9 Å². The fraction of sp³-hybridized carbons (Fsp3) is 0.562. The number of hydrogen-bond acceptors (Lipinski definition) is 3. The number of nitrogens with one attached hydrogen (secondary N) is 1. The van der Waals surface area contributed by atoms with E-state index >= 15 is 0 Å². The van der Waals surface area contributed by atoms with Crippen molar-refractivity contribution in [3.8, 4) is 0 Å². The fourth-order valence-electron chi connectivity index (χ4n) is 3.10. The number of nitrogens with zero attached hydrogens (tertiary/aromatic N) is 2. The number of aromatic nitrogens is 2. The van der Waals surface area contributed by atoms with Crippen molar-refractivity contribution in [1.82, 2.24) is 15.1 Å². The monoisotopic (exact) mass is 289 g/mol. The van der Waals surface area contributed by atoms with Crippen molar-refractivity contribution in [3.05, 3.63) is 39.3 Å². The Kier molecular flexibility index (Phi) is 4.22. The van der Waals surface area contributed by atoms with Crippen molar-refractivity contribution in [2.75, 3.05) is 6.54 Å². The molecule has 3 rings (SSSR count). The van der Waals surface area contributed by atoms with Gasteiger partial charge in [0.2, 0.25) is 0 Å². The number of aryl methyl sites for hydroxylation is 4. The normalized spacial score (nSPS) is 18.2. The molecule has 1 aliphatic rings. The first kappa shape index (κ1) is 13.8. The molecule has 108 valence electrons. The molecule has 1 aliphatic carbocycles. The zero-order valence-electron chi connectivity index (χ0n) is 12.4. The standard InChI is InChI=1S/C16H23N3S/c1-12-11-13(2)19(18-12)9-4-8-17-15-5-3-6-16-14(15)7-10-20-16/h7,10-11,15,17H,3-6,8-9H2,1-2H3. The summed E-state index contributed by atoms with van der Waals surface area (Å²) in [6, 6.07) is 5.02. The summed E-state index contributed by atoms with van der Waals surface area (Å²) >= 11 is 1.92. The molecule has 0 fully saturated rings. The number of rotatable bonds is 5. The van der Waals surface area contributed by atoms with Gasteiger partial charge in [-0.2, -0.15) is 5.10 Å². The molecule has 0 aliphatic heterocycles. The van der Waals surface area contributed by atoms with Crippen LogP contribution < -0.4 is 5.32 Å². The Labute approximate surface area is 125 Å². The van der Waals surface area contributed by atoms with Gasteiger partial charge in [-0.15, -0.1) is 11.3 Å². The van der Waals surface area contributed by atoms with Gasteiger partial charge < -0.3 is 5.32 Å². The molecule has 0 aromatic carbocycles. The van der Waals surface area contributed by atoms with Gasteiger partial charge in [0, 0.05) is 23.2 Å². The zero-order chi connectivity index (χ0) is 13.9. The maximum Gasteiger partial charge on any atom is 0.0596 e. The van der Waals surface area contributed by atoms with Gasteiger partial charge in [-0.25, -0.2) is 0 Å². The quantitative estimate of drug-likeness (QED) is 0.852. The van der Waals surface area contributed by atoms with E-state index in [1.54, 1.807) is 10.4 Å². The van der Waals surface area contributed by atoms with Crippen LogP contribution in [0.25, 0.3) is 0 Å². The Balaban J connectivity index is 1.48. The van der Waals surface area contributed by atoms with Gasteiger partial charge in [0.25, 0.3) is 0 Å². The average Bonchev–Trinajstić information content (AvgIpc) is 3.01. The van der Waals surface area contributed by atoms with Crippen molar-refractivity contribution < 1.29 is 0 Å². The minimum absolute atomic E-state index is 0.574. The molecule has 2 aromatic rings. The number of hydrogen-bond donors (Lipinski definition) is 1. The maximum atomic E-state index is 4.51. The molecule has 0 spiro atoms. The molecule has 0 saturated carbocycles. The summed E-state index contributed by atoms with van der Waals surface area (Å²) in [5.41, 5.74) is 3.93. The molecule has 1 unspecified atom stereocenters. The molecular weight excluding hydrogens is 266 g/mol. The smallest absolute Gasteiger partial charge is 0.0596 e. The van der Waals surface area contributed by atoms with Crippen LogP contribution in [0.5, 0.6) is 0 Å². The van der Waals surface area contributed by atoms with Gasteiger partial charge in [-0.05, 0) is 69.2 Å².